The first-order chi connectivity index (χ1) is 11.1. The molecule has 4 rings (SSSR count). The summed E-state index contributed by atoms with van der Waals surface area (Å²) in [7, 11) is 0. The van der Waals surface area contributed by atoms with Crippen molar-refractivity contribution in [3.05, 3.63) is 44.0 Å². The molecule has 0 saturated carbocycles. The lowest BCUT2D eigenvalue weighted by Gasteiger charge is -2.14. The highest BCUT2D eigenvalue weighted by Crippen LogP contribution is 2.41. The predicted molar refractivity (Wildman–Crippen MR) is 98.8 cm³/mol. The summed E-state index contributed by atoms with van der Waals surface area (Å²) in [6, 6.07) is 3.33. The van der Waals surface area contributed by atoms with E-state index in [2.05, 4.69) is 15.3 Å². The SMILES string of the molecule is Clc1cc(Cl)c(Nc2ncnc3sc4c(c23)CCCC4)c(Cl)c1. The third-order valence-electron chi connectivity index (χ3n) is 4.00. The molecule has 118 valence electrons. The number of aromatic nitrogens is 2. The zero-order valence-corrected chi connectivity index (χ0v) is 15.1. The summed E-state index contributed by atoms with van der Waals surface area (Å²) in [5, 5.41) is 5.82. The molecule has 0 atom stereocenters. The third-order valence-corrected chi connectivity index (χ3v) is 6.02. The van der Waals surface area contributed by atoms with Crippen molar-refractivity contribution in [3.63, 3.8) is 0 Å². The van der Waals surface area contributed by atoms with Gasteiger partial charge in [0.25, 0.3) is 0 Å². The van der Waals surface area contributed by atoms with E-state index in [0.29, 0.717) is 20.8 Å². The van der Waals surface area contributed by atoms with Crippen molar-refractivity contribution in [3.8, 4) is 0 Å². The minimum absolute atomic E-state index is 0.471. The van der Waals surface area contributed by atoms with Crippen molar-refractivity contribution in [2.45, 2.75) is 25.7 Å². The van der Waals surface area contributed by atoms with E-state index in [-0.39, 0.29) is 0 Å². The molecule has 0 radical (unpaired) electrons. The largest absolute Gasteiger partial charge is 0.337 e. The number of aryl methyl sites for hydroxylation is 2. The average molecular weight is 385 g/mol. The number of fused-ring (bicyclic) bond motifs is 3. The molecule has 2 aromatic heterocycles. The van der Waals surface area contributed by atoms with E-state index in [9.17, 15) is 0 Å². The van der Waals surface area contributed by atoms with Crippen LogP contribution in [0.25, 0.3) is 10.2 Å². The lowest BCUT2D eigenvalue weighted by Crippen LogP contribution is -2.01. The molecule has 3 aromatic rings. The highest BCUT2D eigenvalue weighted by atomic mass is 35.5. The smallest absolute Gasteiger partial charge is 0.142 e. The number of halogens is 3. The monoisotopic (exact) mass is 383 g/mol. The maximum absolute atomic E-state index is 6.28. The minimum atomic E-state index is 0.471. The minimum Gasteiger partial charge on any atom is -0.337 e. The van der Waals surface area contributed by atoms with E-state index in [1.165, 1.54) is 23.3 Å². The number of rotatable bonds is 2. The Labute approximate surface area is 152 Å². The summed E-state index contributed by atoms with van der Waals surface area (Å²) in [6.07, 6.45) is 6.21. The van der Waals surface area contributed by atoms with E-state index in [0.717, 1.165) is 28.9 Å². The van der Waals surface area contributed by atoms with Crippen LogP contribution in [0.2, 0.25) is 15.1 Å². The van der Waals surface area contributed by atoms with Gasteiger partial charge in [0.15, 0.2) is 0 Å². The summed E-state index contributed by atoms with van der Waals surface area (Å²) in [5.41, 5.74) is 1.98. The summed E-state index contributed by atoms with van der Waals surface area (Å²) in [5.74, 6) is 0.750. The summed E-state index contributed by atoms with van der Waals surface area (Å²) >= 11 is 20.3. The van der Waals surface area contributed by atoms with Gasteiger partial charge in [0.05, 0.1) is 21.1 Å². The molecule has 0 spiro atoms. The van der Waals surface area contributed by atoms with E-state index >= 15 is 0 Å². The Morgan fingerprint density at radius 1 is 1.00 bits per heavy atom. The Morgan fingerprint density at radius 2 is 1.74 bits per heavy atom. The molecule has 23 heavy (non-hydrogen) atoms. The van der Waals surface area contributed by atoms with Crippen LogP contribution in [0.1, 0.15) is 23.3 Å². The Hall–Kier alpha value is -1.07. The summed E-state index contributed by atoms with van der Waals surface area (Å²) in [4.78, 5) is 11.3. The summed E-state index contributed by atoms with van der Waals surface area (Å²) < 4.78 is 0. The molecule has 0 aliphatic heterocycles. The highest BCUT2D eigenvalue weighted by molar-refractivity contribution is 7.19. The van der Waals surface area contributed by atoms with E-state index in [4.69, 9.17) is 34.8 Å². The van der Waals surface area contributed by atoms with Crippen LogP contribution in [0, 0.1) is 0 Å². The van der Waals surface area contributed by atoms with Crippen molar-refractivity contribution < 1.29 is 0 Å². The number of hydrogen-bond donors (Lipinski definition) is 1. The molecule has 0 fully saturated rings. The second-order valence-electron chi connectivity index (χ2n) is 5.48. The molecule has 1 N–H and O–H groups in total. The predicted octanol–water partition coefficient (Wildman–Crippen LogP) is 6.27. The van der Waals surface area contributed by atoms with Crippen LogP contribution in [0.3, 0.4) is 0 Å². The van der Waals surface area contributed by atoms with Crippen LogP contribution in [0.5, 0.6) is 0 Å². The van der Waals surface area contributed by atoms with Gasteiger partial charge < -0.3 is 5.32 Å². The van der Waals surface area contributed by atoms with Crippen LogP contribution < -0.4 is 5.32 Å². The van der Waals surface area contributed by atoms with E-state index < -0.39 is 0 Å². The van der Waals surface area contributed by atoms with Crippen molar-refractivity contribution >= 4 is 67.9 Å². The molecule has 0 amide bonds. The van der Waals surface area contributed by atoms with Gasteiger partial charge in [0.2, 0.25) is 0 Å². The fourth-order valence-electron chi connectivity index (χ4n) is 2.96. The number of nitrogens with one attached hydrogen (secondary N) is 1. The van der Waals surface area contributed by atoms with Gasteiger partial charge in [-0.15, -0.1) is 11.3 Å². The lowest BCUT2D eigenvalue weighted by molar-refractivity contribution is 0.700. The molecular formula is C16H12Cl3N3S. The van der Waals surface area contributed by atoms with Crippen LogP contribution in [0.4, 0.5) is 11.5 Å². The van der Waals surface area contributed by atoms with Crippen LogP contribution in [-0.4, -0.2) is 9.97 Å². The Morgan fingerprint density at radius 3 is 2.52 bits per heavy atom. The first-order valence-electron chi connectivity index (χ1n) is 7.30. The van der Waals surface area contributed by atoms with Crippen molar-refractivity contribution in [2.75, 3.05) is 5.32 Å². The molecule has 2 heterocycles. The number of hydrogen-bond acceptors (Lipinski definition) is 4. The van der Waals surface area contributed by atoms with Gasteiger partial charge in [-0.3, -0.25) is 0 Å². The first kappa shape index (κ1) is 15.5. The van der Waals surface area contributed by atoms with E-state index in [1.54, 1.807) is 29.8 Å². The van der Waals surface area contributed by atoms with Gasteiger partial charge in [-0.2, -0.15) is 0 Å². The van der Waals surface area contributed by atoms with E-state index in [1.807, 2.05) is 0 Å². The molecule has 0 saturated heterocycles. The van der Waals surface area contributed by atoms with Crippen molar-refractivity contribution in [2.24, 2.45) is 0 Å². The lowest BCUT2D eigenvalue weighted by atomic mass is 9.97. The molecule has 3 nitrogen and oxygen atoms in total. The molecule has 0 unspecified atom stereocenters. The van der Waals surface area contributed by atoms with Gasteiger partial charge in [-0.1, -0.05) is 34.8 Å². The molecule has 1 aromatic carbocycles. The number of benzene rings is 1. The van der Waals surface area contributed by atoms with Crippen LogP contribution in [0.15, 0.2) is 18.5 Å². The topological polar surface area (TPSA) is 37.8 Å². The third kappa shape index (κ3) is 2.78. The number of nitrogens with zero attached hydrogens (tertiary/aromatic N) is 2. The van der Waals surface area contributed by atoms with Crippen LogP contribution in [-0.2, 0) is 12.8 Å². The molecule has 1 aliphatic carbocycles. The Kier molecular flexibility index (Phi) is 4.10. The quantitative estimate of drug-likeness (QED) is 0.565. The zero-order chi connectivity index (χ0) is 16.0. The Balaban J connectivity index is 1.85. The van der Waals surface area contributed by atoms with Gasteiger partial charge in [0, 0.05) is 9.90 Å². The molecule has 1 aliphatic rings. The number of thiophene rings is 1. The summed E-state index contributed by atoms with van der Waals surface area (Å²) in [6.45, 7) is 0. The first-order valence-corrected chi connectivity index (χ1v) is 9.25. The van der Waals surface area contributed by atoms with Gasteiger partial charge >= 0.3 is 0 Å². The van der Waals surface area contributed by atoms with Crippen molar-refractivity contribution in [1.29, 1.82) is 0 Å². The number of anilines is 2. The second kappa shape index (κ2) is 6.10. The molecule has 0 bridgehead atoms. The molecular weight excluding hydrogens is 373 g/mol. The Bertz CT molecular complexity index is 884. The van der Waals surface area contributed by atoms with Gasteiger partial charge in [-0.05, 0) is 43.4 Å². The average Bonchev–Trinajstić information content (AvgIpc) is 2.90. The molecule has 7 heteroatoms. The fraction of sp³-hybridized carbons (Fsp3) is 0.250. The zero-order valence-electron chi connectivity index (χ0n) is 12.0. The standard InChI is InChI=1S/C16H12Cl3N3S/c17-8-5-10(18)14(11(19)6-8)22-15-13-9-3-1-2-4-12(9)23-16(13)21-7-20-15/h5-7H,1-4H2,(H,20,21,22). The van der Waals surface area contributed by atoms with Crippen molar-refractivity contribution in [1.82, 2.24) is 9.97 Å². The van der Waals surface area contributed by atoms with Gasteiger partial charge in [0.1, 0.15) is 17.0 Å². The fourth-order valence-corrected chi connectivity index (χ4v) is 5.11. The normalized spacial score (nSPS) is 14.0. The van der Waals surface area contributed by atoms with Gasteiger partial charge in [-0.25, -0.2) is 9.97 Å². The maximum atomic E-state index is 6.28. The van der Waals surface area contributed by atoms with Crippen LogP contribution >= 0.6 is 46.1 Å². The maximum Gasteiger partial charge on any atom is 0.142 e. The second-order valence-corrected chi connectivity index (χ2v) is 7.82. The highest BCUT2D eigenvalue weighted by Gasteiger charge is 2.20.